The molecule has 1 aliphatic heterocycles. The smallest absolute Gasteiger partial charge is 0.237 e. The van der Waals surface area contributed by atoms with E-state index in [0.717, 1.165) is 0 Å². The third-order valence-electron chi connectivity index (χ3n) is 1.80. The van der Waals surface area contributed by atoms with Crippen molar-refractivity contribution >= 4 is 15.9 Å². The summed E-state index contributed by atoms with van der Waals surface area (Å²) in [5.41, 5.74) is 0. The van der Waals surface area contributed by atoms with Crippen molar-refractivity contribution in [1.29, 1.82) is 0 Å². The molecule has 0 bridgehead atoms. The number of sulfonamides is 1. The highest BCUT2D eigenvalue weighted by atomic mass is 32.2. The number of nitrogens with one attached hydrogen (secondary N) is 1. The highest BCUT2D eigenvalue weighted by molar-refractivity contribution is 7.90. The molecule has 1 aliphatic rings. The van der Waals surface area contributed by atoms with E-state index in [1.807, 2.05) is 18.6 Å². The van der Waals surface area contributed by atoms with Crippen molar-refractivity contribution in [3.05, 3.63) is 0 Å². The minimum absolute atomic E-state index is 0.0521. The lowest BCUT2D eigenvalue weighted by molar-refractivity contribution is -0.122. The Bertz CT molecular complexity index is 268. The fraction of sp³-hybridized carbons (Fsp3) is 0.833. The van der Waals surface area contributed by atoms with Gasteiger partial charge in [-0.15, -0.1) is 0 Å². The normalized spacial score (nSPS) is 29.0. The van der Waals surface area contributed by atoms with Gasteiger partial charge in [0.1, 0.15) is 0 Å². The molecule has 0 aromatic heterocycles. The molecule has 0 saturated carbocycles. The molecule has 0 spiro atoms. The predicted octanol–water partition coefficient (Wildman–Crippen LogP) is -0.282. The van der Waals surface area contributed by atoms with Crippen molar-refractivity contribution in [2.24, 2.45) is 11.8 Å². The van der Waals surface area contributed by atoms with Gasteiger partial charge in [0, 0.05) is 0 Å². The third-order valence-corrected chi connectivity index (χ3v) is 3.11. The molecule has 1 N–H and O–H groups in total. The Kier molecular flexibility index (Phi) is 1.92. The monoisotopic (exact) mass is 177 g/mol. The van der Waals surface area contributed by atoms with Gasteiger partial charge in [0.05, 0.1) is 11.7 Å². The van der Waals surface area contributed by atoms with Gasteiger partial charge in [-0.2, -0.15) is 0 Å². The van der Waals surface area contributed by atoms with Gasteiger partial charge >= 0.3 is 0 Å². The van der Waals surface area contributed by atoms with E-state index >= 15 is 0 Å². The van der Waals surface area contributed by atoms with Crippen molar-refractivity contribution in [1.82, 2.24) is 4.72 Å². The highest BCUT2D eigenvalue weighted by Gasteiger charge is 2.36. The summed E-state index contributed by atoms with van der Waals surface area (Å²) in [5.74, 6) is -0.684. The van der Waals surface area contributed by atoms with E-state index in [1.54, 1.807) is 0 Å². The maximum atomic E-state index is 10.9. The standard InChI is InChI=1S/C6H11NO3S/c1-4(2)5-3-11(9,10)7-6(5)8/h4-5H,3H2,1-2H3,(H,7,8). The van der Waals surface area contributed by atoms with E-state index in [2.05, 4.69) is 0 Å². The first kappa shape index (κ1) is 8.52. The second-order valence-electron chi connectivity index (χ2n) is 3.10. The summed E-state index contributed by atoms with van der Waals surface area (Å²) in [5, 5.41) is 0. The fourth-order valence-electron chi connectivity index (χ4n) is 1.08. The Morgan fingerprint density at radius 1 is 1.55 bits per heavy atom. The van der Waals surface area contributed by atoms with Crippen LogP contribution in [-0.2, 0) is 14.8 Å². The molecule has 4 nitrogen and oxygen atoms in total. The zero-order valence-corrected chi connectivity index (χ0v) is 7.31. The lowest BCUT2D eigenvalue weighted by Crippen LogP contribution is -2.24. The average Bonchev–Trinajstić information content (AvgIpc) is 2.05. The molecule has 11 heavy (non-hydrogen) atoms. The highest BCUT2D eigenvalue weighted by Crippen LogP contribution is 2.18. The summed E-state index contributed by atoms with van der Waals surface area (Å²) in [7, 11) is -3.29. The molecule has 1 rings (SSSR count). The average molecular weight is 177 g/mol. The van der Waals surface area contributed by atoms with Gasteiger partial charge in [-0.25, -0.2) is 8.42 Å². The van der Waals surface area contributed by atoms with E-state index in [-0.39, 0.29) is 23.5 Å². The van der Waals surface area contributed by atoms with Gasteiger partial charge in [0.25, 0.3) is 0 Å². The van der Waals surface area contributed by atoms with Crippen LogP contribution in [0.3, 0.4) is 0 Å². The van der Waals surface area contributed by atoms with Crippen LogP contribution in [-0.4, -0.2) is 20.1 Å². The van der Waals surface area contributed by atoms with Crippen molar-refractivity contribution in [2.75, 3.05) is 5.75 Å². The molecular formula is C6H11NO3S. The second-order valence-corrected chi connectivity index (χ2v) is 4.87. The zero-order chi connectivity index (χ0) is 8.65. The number of carbonyl (C=O) groups is 1. The maximum absolute atomic E-state index is 10.9. The number of amides is 1. The van der Waals surface area contributed by atoms with Gasteiger partial charge < -0.3 is 0 Å². The van der Waals surface area contributed by atoms with Crippen LogP contribution in [0.15, 0.2) is 0 Å². The Labute approximate surface area is 66.0 Å². The van der Waals surface area contributed by atoms with Gasteiger partial charge in [0.15, 0.2) is 0 Å². The molecule has 5 heteroatoms. The van der Waals surface area contributed by atoms with Crippen LogP contribution in [0.4, 0.5) is 0 Å². The molecule has 1 atom stereocenters. The minimum Gasteiger partial charge on any atom is -0.274 e. The van der Waals surface area contributed by atoms with Crippen molar-refractivity contribution in [2.45, 2.75) is 13.8 Å². The SMILES string of the molecule is CC(C)C1CS(=O)(=O)NC1=O. The summed E-state index contributed by atoms with van der Waals surface area (Å²) in [6.07, 6.45) is 0. The molecule has 1 unspecified atom stereocenters. The molecule has 0 aromatic carbocycles. The van der Waals surface area contributed by atoms with Crippen LogP contribution in [0.1, 0.15) is 13.8 Å². The summed E-state index contributed by atoms with van der Waals surface area (Å²) in [6, 6.07) is 0. The summed E-state index contributed by atoms with van der Waals surface area (Å²) in [6.45, 7) is 3.68. The van der Waals surface area contributed by atoms with Crippen LogP contribution < -0.4 is 4.72 Å². The Hall–Kier alpha value is -0.580. The molecule has 1 saturated heterocycles. The van der Waals surface area contributed by atoms with E-state index in [1.165, 1.54) is 0 Å². The van der Waals surface area contributed by atoms with E-state index in [9.17, 15) is 13.2 Å². The lowest BCUT2D eigenvalue weighted by atomic mass is 9.98. The summed E-state index contributed by atoms with van der Waals surface area (Å²) >= 11 is 0. The fourth-order valence-corrected chi connectivity index (χ4v) is 2.63. The zero-order valence-electron chi connectivity index (χ0n) is 6.49. The van der Waals surface area contributed by atoms with Crippen LogP contribution in [0.25, 0.3) is 0 Å². The molecule has 1 amide bonds. The summed E-state index contributed by atoms with van der Waals surface area (Å²) in [4.78, 5) is 10.9. The van der Waals surface area contributed by atoms with Crippen molar-refractivity contribution < 1.29 is 13.2 Å². The molecular weight excluding hydrogens is 166 g/mol. The Balaban J connectivity index is 2.83. The second kappa shape index (κ2) is 2.48. The number of carbonyl (C=O) groups excluding carboxylic acids is 1. The van der Waals surface area contributed by atoms with E-state index in [0.29, 0.717) is 0 Å². The van der Waals surface area contributed by atoms with Crippen LogP contribution in [0, 0.1) is 11.8 Å². The number of rotatable bonds is 1. The first-order valence-corrected chi connectivity index (χ1v) is 5.12. The molecule has 64 valence electrons. The van der Waals surface area contributed by atoms with Gasteiger partial charge in [-0.05, 0) is 5.92 Å². The first-order chi connectivity index (χ1) is 4.92. The lowest BCUT2D eigenvalue weighted by Gasteiger charge is -2.07. The third kappa shape index (κ3) is 1.71. The molecule has 1 fully saturated rings. The minimum atomic E-state index is -3.29. The quantitative estimate of drug-likeness (QED) is 0.599. The van der Waals surface area contributed by atoms with E-state index in [4.69, 9.17) is 0 Å². The van der Waals surface area contributed by atoms with Gasteiger partial charge in [-0.3, -0.25) is 9.52 Å². The Morgan fingerprint density at radius 2 is 2.09 bits per heavy atom. The van der Waals surface area contributed by atoms with Crippen molar-refractivity contribution in [3.63, 3.8) is 0 Å². The maximum Gasteiger partial charge on any atom is 0.237 e. The van der Waals surface area contributed by atoms with Gasteiger partial charge in [0.2, 0.25) is 15.9 Å². The van der Waals surface area contributed by atoms with Crippen LogP contribution in [0.2, 0.25) is 0 Å². The van der Waals surface area contributed by atoms with Gasteiger partial charge in [-0.1, -0.05) is 13.8 Å². The number of hydrogen-bond donors (Lipinski definition) is 1. The summed E-state index contributed by atoms with van der Waals surface area (Å²) < 4.78 is 23.6. The van der Waals surface area contributed by atoms with Crippen LogP contribution in [0.5, 0.6) is 0 Å². The first-order valence-electron chi connectivity index (χ1n) is 3.47. The van der Waals surface area contributed by atoms with Crippen LogP contribution >= 0.6 is 0 Å². The largest absolute Gasteiger partial charge is 0.274 e. The Morgan fingerprint density at radius 3 is 2.27 bits per heavy atom. The molecule has 0 aliphatic carbocycles. The topological polar surface area (TPSA) is 63.2 Å². The van der Waals surface area contributed by atoms with E-state index < -0.39 is 10.0 Å². The number of hydrogen-bond acceptors (Lipinski definition) is 3. The van der Waals surface area contributed by atoms with Crippen molar-refractivity contribution in [3.8, 4) is 0 Å². The molecule has 0 radical (unpaired) electrons. The molecule has 0 aromatic rings. The molecule has 1 heterocycles. The predicted molar refractivity (Wildman–Crippen MR) is 40.3 cm³/mol.